The molecule has 0 amide bonds. The first-order valence-electron chi connectivity index (χ1n) is 4.08. The summed E-state index contributed by atoms with van der Waals surface area (Å²) < 4.78 is 0. The van der Waals surface area contributed by atoms with Crippen LogP contribution in [0.5, 0.6) is 0 Å². The Hall–Kier alpha value is 0.307. The van der Waals surface area contributed by atoms with Crippen LogP contribution in [0.15, 0.2) is 24.3 Å². The van der Waals surface area contributed by atoms with Crippen LogP contribution in [0.2, 0.25) is 0 Å². The molecule has 1 rings (SSSR count). The molecule has 1 aromatic carbocycles. The van der Waals surface area contributed by atoms with Gasteiger partial charge in [-0.3, -0.25) is 0 Å². The fourth-order valence-corrected chi connectivity index (χ4v) is 3.09. The summed E-state index contributed by atoms with van der Waals surface area (Å²) in [6.07, 6.45) is 1.94. The van der Waals surface area contributed by atoms with E-state index in [0.29, 0.717) is 5.88 Å². The maximum absolute atomic E-state index is 5.92. The smallest absolute Gasteiger partial charge is 0.140 e. The van der Waals surface area contributed by atoms with E-state index < -0.39 is 7.42 Å². The first kappa shape index (κ1) is 11.4. The van der Waals surface area contributed by atoms with Gasteiger partial charge in [0.25, 0.3) is 0 Å². The minimum atomic E-state index is -1.37. The lowest BCUT2D eigenvalue weighted by Crippen LogP contribution is -2.22. The molecule has 0 aliphatic rings. The molecule has 0 nitrogen and oxygen atoms in total. The van der Waals surface area contributed by atoms with Gasteiger partial charge in [-0.15, -0.1) is 33.8 Å². The van der Waals surface area contributed by atoms with Crippen LogP contribution < -0.4 is 5.19 Å². The zero-order valence-electron chi connectivity index (χ0n) is 7.06. The van der Waals surface area contributed by atoms with Crippen molar-refractivity contribution in [2.45, 2.75) is 12.8 Å². The molecule has 0 bridgehead atoms. The van der Waals surface area contributed by atoms with Gasteiger partial charge >= 0.3 is 7.42 Å². The molecule has 1 radical (unpaired) electrons. The second-order valence-electron chi connectivity index (χ2n) is 2.71. The summed E-state index contributed by atoms with van der Waals surface area (Å²) in [5.74, 6) is 0.682. The number of alkyl halides is 1. The van der Waals surface area contributed by atoms with Crippen molar-refractivity contribution in [3.8, 4) is 0 Å². The molecule has 1 aromatic rings. The lowest BCUT2D eigenvalue weighted by molar-refractivity contribution is 0.934. The van der Waals surface area contributed by atoms with Gasteiger partial charge in [-0.2, -0.15) is 0 Å². The Balaban J connectivity index is 2.78. The molecule has 0 atom stereocenters. The Morgan fingerprint density at radius 3 is 2.46 bits per heavy atom. The minimum Gasteiger partial charge on any atom is -0.140 e. The third kappa shape index (κ3) is 3.51. The second kappa shape index (κ2) is 5.92. The van der Waals surface area contributed by atoms with E-state index in [2.05, 4.69) is 6.07 Å². The summed E-state index contributed by atoms with van der Waals surface area (Å²) in [6.45, 7) is 0. The summed E-state index contributed by atoms with van der Waals surface area (Å²) in [5, 5.41) is 1.10. The van der Waals surface area contributed by atoms with Gasteiger partial charge in [-0.05, 0) is 23.6 Å². The fourth-order valence-electron chi connectivity index (χ4n) is 1.18. The van der Waals surface area contributed by atoms with E-state index in [0.717, 1.165) is 18.0 Å². The van der Waals surface area contributed by atoms with E-state index in [1.165, 1.54) is 5.56 Å². The Bertz CT molecular complexity index is 263. The maximum Gasteiger partial charge on any atom is 0.307 e. The van der Waals surface area contributed by atoms with Crippen LogP contribution in [0.3, 0.4) is 0 Å². The molecule has 0 aromatic heterocycles. The number of benzene rings is 1. The van der Waals surface area contributed by atoms with Gasteiger partial charge in [-0.25, -0.2) is 0 Å². The number of hydrogen-bond donors (Lipinski definition) is 0. The zero-order chi connectivity index (χ0) is 9.68. The van der Waals surface area contributed by atoms with Crippen molar-refractivity contribution in [3.05, 3.63) is 29.8 Å². The molecule has 0 aliphatic carbocycles. The topological polar surface area (TPSA) is 0 Å². The van der Waals surface area contributed by atoms with E-state index >= 15 is 0 Å². The van der Waals surface area contributed by atoms with Gasteiger partial charge in [-0.1, -0.05) is 24.3 Å². The van der Waals surface area contributed by atoms with Crippen molar-refractivity contribution in [1.29, 1.82) is 0 Å². The van der Waals surface area contributed by atoms with Gasteiger partial charge in [0.1, 0.15) is 0 Å². The Morgan fingerprint density at radius 2 is 1.85 bits per heavy atom. The molecule has 4 heteroatoms. The largest absolute Gasteiger partial charge is 0.307 e. The molecule has 0 heterocycles. The molecule has 71 valence electrons. The Morgan fingerprint density at radius 1 is 1.15 bits per heavy atom. The predicted molar refractivity (Wildman–Crippen MR) is 62.6 cm³/mol. The summed E-state index contributed by atoms with van der Waals surface area (Å²) in [7, 11) is -1.37. The number of rotatable bonds is 4. The Labute approximate surface area is 94.8 Å². The van der Waals surface area contributed by atoms with Crippen LogP contribution >= 0.6 is 33.8 Å². The van der Waals surface area contributed by atoms with Crippen LogP contribution in [0.25, 0.3) is 0 Å². The zero-order valence-corrected chi connectivity index (χ0v) is 10.3. The van der Waals surface area contributed by atoms with Crippen molar-refractivity contribution >= 4 is 46.4 Å². The highest BCUT2D eigenvalue weighted by molar-refractivity contribution is 7.39. The van der Waals surface area contributed by atoms with E-state index in [1.807, 2.05) is 18.2 Å². The van der Waals surface area contributed by atoms with Crippen LogP contribution in [-0.2, 0) is 6.42 Å². The average molecular weight is 253 g/mol. The van der Waals surface area contributed by atoms with Crippen LogP contribution in [-0.4, -0.2) is 13.3 Å². The maximum atomic E-state index is 5.92. The molecular weight excluding hydrogens is 243 g/mol. The van der Waals surface area contributed by atoms with Gasteiger partial charge in [0, 0.05) is 5.88 Å². The predicted octanol–water partition coefficient (Wildman–Crippen LogP) is 3.03. The third-order valence-corrected chi connectivity index (χ3v) is 4.18. The lowest BCUT2D eigenvalue weighted by atomic mass is 10.1. The highest BCUT2D eigenvalue weighted by Crippen LogP contribution is 2.06. The van der Waals surface area contributed by atoms with E-state index in [9.17, 15) is 0 Å². The van der Waals surface area contributed by atoms with Crippen LogP contribution in [0, 0.1) is 0 Å². The summed E-state index contributed by atoms with van der Waals surface area (Å²) in [4.78, 5) is 0. The number of hydrogen-bond acceptors (Lipinski definition) is 0. The van der Waals surface area contributed by atoms with Crippen molar-refractivity contribution in [2.75, 3.05) is 5.88 Å². The number of halogens is 3. The van der Waals surface area contributed by atoms with Crippen molar-refractivity contribution < 1.29 is 0 Å². The molecule has 0 N–H and O–H groups in total. The molecule has 0 aliphatic heterocycles. The monoisotopic (exact) mass is 251 g/mol. The van der Waals surface area contributed by atoms with E-state index in [4.69, 9.17) is 33.8 Å². The van der Waals surface area contributed by atoms with E-state index in [-0.39, 0.29) is 0 Å². The SMILES string of the molecule is ClCCCc1ccccc1[Si](Cl)Cl. The van der Waals surface area contributed by atoms with Gasteiger partial charge < -0.3 is 0 Å². The highest BCUT2D eigenvalue weighted by atomic mass is 35.7. The average Bonchev–Trinajstić information content (AvgIpc) is 2.15. The molecular formula is C9H10Cl3Si. The minimum absolute atomic E-state index is 0.682. The van der Waals surface area contributed by atoms with Crippen LogP contribution in [0.1, 0.15) is 12.0 Å². The first-order chi connectivity index (χ1) is 6.25. The Kier molecular flexibility index (Phi) is 5.18. The quantitative estimate of drug-likeness (QED) is 0.439. The molecule has 0 fully saturated rings. The molecule has 0 spiro atoms. The standard InChI is InChI=1S/C9H10Cl3Si/c10-7-3-5-8-4-1-2-6-9(8)13(11)12/h1-2,4,6H,3,5,7H2. The van der Waals surface area contributed by atoms with Gasteiger partial charge in [0.05, 0.1) is 0 Å². The molecule has 0 unspecified atom stereocenters. The van der Waals surface area contributed by atoms with Gasteiger partial charge in [0.2, 0.25) is 0 Å². The normalized spacial score (nSPS) is 10.8. The summed E-state index contributed by atoms with van der Waals surface area (Å²) >= 11 is 17.5. The first-order valence-corrected chi connectivity index (χ1v) is 8.13. The molecule has 0 saturated heterocycles. The van der Waals surface area contributed by atoms with Gasteiger partial charge in [0.15, 0.2) is 0 Å². The fraction of sp³-hybridized carbons (Fsp3) is 0.333. The highest BCUT2D eigenvalue weighted by Gasteiger charge is 2.11. The van der Waals surface area contributed by atoms with E-state index in [1.54, 1.807) is 0 Å². The lowest BCUT2D eigenvalue weighted by Gasteiger charge is -2.07. The molecule has 13 heavy (non-hydrogen) atoms. The second-order valence-corrected chi connectivity index (χ2v) is 7.00. The van der Waals surface area contributed by atoms with Crippen molar-refractivity contribution in [1.82, 2.24) is 0 Å². The van der Waals surface area contributed by atoms with Crippen molar-refractivity contribution in [2.24, 2.45) is 0 Å². The number of aryl methyl sites for hydroxylation is 1. The van der Waals surface area contributed by atoms with Crippen molar-refractivity contribution in [3.63, 3.8) is 0 Å². The van der Waals surface area contributed by atoms with Crippen LogP contribution in [0.4, 0.5) is 0 Å². The summed E-state index contributed by atoms with van der Waals surface area (Å²) in [6, 6.07) is 8.04. The summed E-state index contributed by atoms with van der Waals surface area (Å²) in [5.41, 5.74) is 1.24. The third-order valence-electron chi connectivity index (χ3n) is 1.80. The molecule has 0 saturated carbocycles.